The zero-order valence-corrected chi connectivity index (χ0v) is 14.7. The van der Waals surface area contributed by atoms with Gasteiger partial charge < -0.3 is 5.32 Å². The van der Waals surface area contributed by atoms with Crippen LogP contribution >= 0.6 is 0 Å². The molecular weight excluding hydrogens is 300 g/mol. The Morgan fingerprint density at radius 2 is 2.00 bits per heavy atom. The van der Waals surface area contributed by atoms with Crippen LogP contribution in [0.5, 0.6) is 0 Å². The topological polar surface area (TPSA) is 59.8 Å². The quantitative estimate of drug-likeness (QED) is 0.918. The molecule has 0 saturated carbocycles. The fourth-order valence-corrected chi connectivity index (χ4v) is 3.82. The lowest BCUT2D eigenvalue weighted by molar-refractivity contribution is -0.128. The fraction of sp³-hybridized carbons (Fsp3) is 0.526. The van der Waals surface area contributed by atoms with Gasteiger partial charge in [-0.15, -0.1) is 5.10 Å². The zero-order valence-electron chi connectivity index (χ0n) is 14.7. The van der Waals surface area contributed by atoms with Crippen molar-refractivity contribution < 1.29 is 4.79 Å². The van der Waals surface area contributed by atoms with E-state index in [4.69, 9.17) is 0 Å². The van der Waals surface area contributed by atoms with E-state index in [1.54, 1.807) is 0 Å². The summed E-state index contributed by atoms with van der Waals surface area (Å²) >= 11 is 0. The van der Waals surface area contributed by atoms with Crippen LogP contribution in [0.4, 0.5) is 0 Å². The summed E-state index contributed by atoms with van der Waals surface area (Å²) in [5.41, 5.74) is 2.87. The third kappa shape index (κ3) is 2.83. The monoisotopic (exact) mass is 326 g/mol. The van der Waals surface area contributed by atoms with E-state index in [9.17, 15) is 4.79 Å². The molecule has 1 amide bonds. The summed E-state index contributed by atoms with van der Waals surface area (Å²) in [5.74, 6) is 0.141. The molecule has 0 radical (unpaired) electrons. The predicted molar refractivity (Wildman–Crippen MR) is 93.7 cm³/mol. The van der Waals surface area contributed by atoms with E-state index in [-0.39, 0.29) is 11.9 Å². The molecule has 5 heteroatoms. The number of rotatable bonds is 5. The Labute approximate surface area is 143 Å². The van der Waals surface area contributed by atoms with Crippen molar-refractivity contribution in [1.82, 2.24) is 20.3 Å². The number of aryl methyl sites for hydroxylation is 2. The molecule has 0 aliphatic heterocycles. The molecule has 1 aromatic heterocycles. The van der Waals surface area contributed by atoms with E-state index in [2.05, 4.69) is 41.6 Å². The number of aromatic nitrogens is 3. The molecule has 0 spiro atoms. The average Bonchev–Trinajstić information content (AvgIpc) is 2.98. The summed E-state index contributed by atoms with van der Waals surface area (Å²) in [6.07, 6.45) is 4.21. The van der Waals surface area contributed by atoms with Gasteiger partial charge in [-0.05, 0) is 31.2 Å². The van der Waals surface area contributed by atoms with Crippen molar-refractivity contribution in [2.24, 2.45) is 7.05 Å². The van der Waals surface area contributed by atoms with E-state index in [1.165, 1.54) is 0 Å². The second-order valence-electron chi connectivity index (χ2n) is 6.67. The molecule has 1 aliphatic carbocycles. The maximum atomic E-state index is 13.2. The van der Waals surface area contributed by atoms with Crippen molar-refractivity contribution in [3.05, 3.63) is 47.3 Å². The Morgan fingerprint density at radius 3 is 2.67 bits per heavy atom. The Balaban J connectivity index is 1.79. The highest BCUT2D eigenvalue weighted by Gasteiger charge is 2.38. The summed E-state index contributed by atoms with van der Waals surface area (Å²) in [5, 5.41) is 11.6. The Hall–Kier alpha value is -2.17. The normalized spacial score (nSPS) is 17.4. The first-order valence-corrected chi connectivity index (χ1v) is 8.84. The van der Waals surface area contributed by atoms with E-state index in [1.807, 2.05) is 29.9 Å². The lowest BCUT2D eigenvalue weighted by Gasteiger charge is -2.34. The van der Waals surface area contributed by atoms with Crippen LogP contribution in [-0.4, -0.2) is 26.9 Å². The predicted octanol–water partition coefficient (Wildman–Crippen LogP) is 2.55. The van der Waals surface area contributed by atoms with E-state index < -0.39 is 5.41 Å². The lowest BCUT2D eigenvalue weighted by atomic mass is 9.74. The molecule has 0 bridgehead atoms. The highest BCUT2D eigenvalue weighted by atomic mass is 16.2. The maximum absolute atomic E-state index is 13.2. The number of hydrogen-bond acceptors (Lipinski definition) is 3. The van der Waals surface area contributed by atoms with Gasteiger partial charge in [-0.3, -0.25) is 9.48 Å². The van der Waals surface area contributed by atoms with Crippen LogP contribution in [0.3, 0.4) is 0 Å². The molecule has 1 unspecified atom stereocenters. The molecule has 2 aromatic rings. The summed E-state index contributed by atoms with van der Waals surface area (Å²) < 4.78 is 1.83. The van der Waals surface area contributed by atoms with Crippen LogP contribution in [0, 0.1) is 0 Å². The second kappa shape index (κ2) is 6.75. The first-order chi connectivity index (χ1) is 11.6. The number of nitrogens with one attached hydrogen (secondary N) is 1. The van der Waals surface area contributed by atoms with Gasteiger partial charge in [-0.25, -0.2) is 0 Å². The lowest BCUT2D eigenvalue weighted by Crippen LogP contribution is -2.49. The summed E-state index contributed by atoms with van der Waals surface area (Å²) in [4.78, 5) is 13.2. The molecule has 0 fully saturated rings. The van der Waals surface area contributed by atoms with Crippen molar-refractivity contribution in [3.63, 3.8) is 0 Å². The van der Waals surface area contributed by atoms with Crippen molar-refractivity contribution in [2.75, 3.05) is 0 Å². The third-order valence-corrected chi connectivity index (χ3v) is 5.50. The fourth-order valence-electron chi connectivity index (χ4n) is 3.82. The van der Waals surface area contributed by atoms with Crippen LogP contribution < -0.4 is 5.32 Å². The van der Waals surface area contributed by atoms with Gasteiger partial charge in [-0.1, -0.05) is 49.4 Å². The van der Waals surface area contributed by atoms with Crippen LogP contribution in [0.1, 0.15) is 50.1 Å². The van der Waals surface area contributed by atoms with E-state index in [0.717, 1.165) is 49.1 Å². The highest BCUT2D eigenvalue weighted by molar-refractivity contribution is 5.88. The first-order valence-electron chi connectivity index (χ1n) is 8.84. The maximum Gasteiger partial charge on any atom is 0.230 e. The molecule has 128 valence electrons. The van der Waals surface area contributed by atoms with Gasteiger partial charge in [0.05, 0.1) is 16.8 Å². The number of hydrogen-bond donors (Lipinski definition) is 1. The molecule has 24 heavy (non-hydrogen) atoms. The van der Waals surface area contributed by atoms with Crippen LogP contribution in [0.15, 0.2) is 30.3 Å². The standard InChI is InChI=1S/C19H26N4O/c1-4-19(5-2,14-9-7-6-8-10-14)18(24)20-15-11-12-16-17(13-15)23(3)22-21-16/h6-10,15H,4-5,11-13H2,1-3H3,(H,20,24). The smallest absolute Gasteiger partial charge is 0.230 e. The average molecular weight is 326 g/mol. The molecule has 5 nitrogen and oxygen atoms in total. The zero-order chi connectivity index (χ0) is 17.2. The number of carbonyl (C=O) groups is 1. The number of amides is 1. The SMILES string of the molecule is CCC(CC)(C(=O)NC1CCc2nnn(C)c2C1)c1ccccc1. The van der Waals surface area contributed by atoms with Crippen molar-refractivity contribution in [2.45, 2.75) is 57.4 Å². The minimum Gasteiger partial charge on any atom is -0.352 e. The minimum absolute atomic E-state index is 0.141. The first kappa shape index (κ1) is 16.7. The molecule has 1 aliphatic rings. The van der Waals surface area contributed by atoms with E-state index in [0.29, 0.717) is 0 Å². The van der Waals surface area contributed by atoms with Gasteiger partial charge in [0.1, 0.15) is 0 Å². The molecule has 1 N–H and O–H groups in total. The minimum atomic E-state index is -0.452. The Morgan fingerprint density at radius 1 is 1.29 bits per heavy atom. The van der Waals surface area contributed by atoms with Crippen molar-refractivity contribution >= 4 is 5.91 Å². The number of fused-ring (bicyclic) bond motifs is 1. The van der Waals surface area contributed by atoms with E-state index >= 15 is 0 Å². The van der Waals surface area contributed by atoms with Gasteiger partial charge in [-0.2, -0.15) is 0 Å². The number of nitrogens with zero attached hydrogens (tertiary/aromatic N) is 3. The molecule has 3 rings (SSSR count). The van der Waals surface area contributed by atoms with Crippen LogP contribution in [0.2, 0.25) is 0 Å². The second-order valence-corrected chi connectivity index (χ2v) is 6.67. The number of benzene rings is 1. The number of carbonyl (C=O) groups excluding carboxylic acids is 1. The van der Waals surface area contributed by atoms with Gasteiger partial charge in [0, 0.05) is 19.5 Å². The van der Waals surface area contributed by atoms with Gasteiger partial charge >= 0.3 is 0 Å². The van der Waals surface area contributed by atoms with Crippen molar-refractivity contribution in [1.29, 1.82) is 0 Å². The van der Waals surface area contributed by atoms with Crippen molar-refractivity contribution in [3.8, 4) is 0 Å². The largest absolute Gasteiger partial charge is 0.352 e. The van der Waals surface area contributed by atoms with Gasteiger partial charge in [0.2, 0.25) is 5.91 Å². The summed E-state index contributed by atoms with van der Waals surface area (Å²) in [7, 11) is 1.92. The Bertz CT molecular complexity index is 703. The molecule has 1 heterocycles. The third-order valence-electron chi connectivity index (χ3n) is 5.50. The van der Waals surface area contributed by atoms with Crippen LogP contribution in [0.25, 0.3) is 0 Å². The molecule has 1 aromatic carbocycles. The molecular formula is C19H26N4O. The Kier molecular flexibility index (Phi) is 4.69. The highest BCUT2D eigenvalue weighted by Crippen LogP contribution is 2.32. The van der Waals surface area contributed by atoms with Gasteiger partial charge in [0.25, 0.3) is 0 Å². The summed E-state index contributed by atoms with van der Waals surface area (Å²) in [6.45, 7) is 4.19. The molecule has 1 atom stereocenters. The van der Waals surface area contributed by atoms with Gasteiger partial charge in [0.15, 0.2) is 0 Å². The molecule has 0 saturated heterocycles. The summed E-state index contributed by atoms with van der Waals surface area (Å²) in [6, 6.07) is 10.3. The van der Waals surface area contributed by atoms with Crippen LogP contribution in [-0.2, 0) is 30.1 Å².